The monoisotopic (exact) mass is 358 g/mol. The van der Waals surface area contributed by atoms with Gasteiger partial charge in [0.05, 0.1) is 17.1 Å². The Morgan fingerprint density at radius 1 is 1.04 bits per heavy atom. The molecule has 1 saturated heterocycles. The van der Waals surface area contributed by atoms with Crippen molar-refractivity contribution in [1.29, 1.82) is 0 Å². The maximum absolute atomic E-state index is 12.3. The van der Waals surface area contributed by atoms with Crippen molar-refractivity contribution in [3.8, 4) is 0 Å². The number of nitrogens with zero attached hydrogens (tertiary/aromatic N) is 3. The van der Waals surface area contributed by atoms with Gasteiger partial charge in [0.25, 0.3) is 5.91 Å². The quantitative estimate of drug-likeness (QED) is 0.616. The van der Waals surface area contributed by atoms with Crippen molar-refractivity contribution in [3.63, 3.8) is 0 Å². The van der Waals surface area contributed by atoms with Crippen LogP contribution in [0.5, 0.6) is 0 Å². The molecule has 7 nitrogen and oxygen atoms in total. The van der Waals surface area contributed by atoms with Crippen molar-refractivity contribution in [2.75, 3.05) is 6.54 Å². The molecule has 0 saturated carbocycles. The van der Waals surface area contributed by atoms with Gasteiger partial charge < -0.3 is 11.1 Å². The van der Waals surface area contributed by atoms with Gasteiger partial charge in [-0.25, -0.2) is 4.99 Å². The Balaban J connectivity index is 1.58. The first-order valence-electron chi connectivity index (χ1n) is 8.56. The molecule has 27 heavy (non-hydrogen) atoms. The molecular formula is C20H18N6O. The molecule has 2 heterocycles. The Morgan fingerprint density at radius 3 is 2.59 bits per heavy atom. The summed E-state index contributed by atoms with van der Waals surface area (Å²) in [7, 11) is 0. The van der Waals surface area contributed by atoms with E-state index in [1.54, 1.807) is 18.5 Å². The number of carbonyl (C=O) groups is 1. The third kappa shape index (κ3) is 3.68. The number of aliphatic imine (C=N–C) groups is 1. The molecule has 7 heteroatoms. The minimum Gasteiger partial charge on any atom is -0.328 e. The molecule has 0 bridgehead atoms. The van der Waals surface area contributed by atoms with E-state index in [0.717, 1.165) is 22.2 Å². The summed E-state index contributed by atoms with van der Waals surface area (Å²) in [5, 5.41) is 5.77. The van der Waals surface area contributed by atoms with Gasteiger partial charge in [0.1, 0.15) is 5.70 Å². The Bertz CT molecular complexity index is 1040. The number of aromatic nitrogens is 2. The lowest BCUT2D eigenvalue weighted by molar-refractivity contribution is -0.115. The number of rotatable bonds is 4. The van der Waals surface area contributed by atoms with Crippen LogP contribution < -0.4 is 16.4 Å². The van der Waals surface area contributed by atoms with E-state index >= 15 is 0 Å². The van der Waals surface area contributed by atoms with E-state index in [2.05, 4.69) is 25.6 Å². The Morgan fingerprint density at radius 2 is 1.81 bits per heavy atom. The number of nitrogens with two attached hydrogens (primary N) is 1. The highest BCUT2D eigenvalue weighted by molar-refractivity contribution is 6.15. The molecule has 3 aromatic rings. The summed E-state index contributed by atoms with van der Waals surface area (Å²) in [6.45, 7) is 0.341. The molecule has 1 amide bonds. The van der Waals surface area contributed by atoms with Gasteiger partial charge in [-0.3, -0.25) is 20.1 Å². The molecule has 0 aliphatic carbocycles. The summed E-state index contributed by atoms with van der Waals surface area (Å²) in [5.74, 6) is 0.156. The summed E-state index contributed by atoms with van der Waals surface area (Å²) in [4.78, 5) is 25.3. The van der Waals surface area contributed by atoms with E-state index in [9.17, 15) is 4.79 Å². The fourth-order valence-electron chi connectivity index (χ4n) is 2.89. The number of nitrogens with one attached hydrogen (secondary N) is 2. The van der Waals surface area contributed by atoms with Gasteiger partial charge in [-0.15, -0.1) is 0 Å². The normalized spacial score (nSPS) is 17.9. The van der Waals surface area contributed by atoms with E-state index in [1.807, 2.05) is 48.5 Å². The highest BCUT2D eigenvalue weighted by Crippen LogP contribution is 2.17. The summed E-state index contributed by atoms with van der Waals surface area (Å²) in [6, 6.07) is 15.2. The average molecular weight is 358 g/mol. The van der Waals surface area contributed by atoms with Gasteiger partial charge in [0.2, 0.25) is 5.96 Å². The number of fused-ring (bicyclic) bond motifs is 1. The average Bonchev–Trinajstić information content (AvgIpc) is 3.05. The predicted octanol–water partition coefficient (Wildman–Crippen LogP) is 1.75. The van der Waals surface area contributed by atoms with Crippen LogP contribution in [0.25, 0.3) is 17.1 Å². The third-order valence-electron chi connectivity index (χ3n) is 4.23. The van der Waals surface area contributed by atoms with Gasteiger partial charge in [-0.05, 0) is 29.3 Å². The van der Waals surface area contributed by atoms with Crippen molar-refractivity contribution in [2.24, 2.45) is 10.7 Å². The molecular weight excluding hydrogens is 340 g/mol. The van der Waals surface area contributed by atoms with Gasteiger partial charge >= 0.3 is 0 Å². The maximum Gasteiger partial charge on any atom is 0.274 e. The van der Waals surface area contributed by atoms with Crippen molar-refractivity contribution in [3.05, 3.63) is 77.7 Å². The van der Waals surface area contributed by atoms with E-state index in [1.165, 1.54) is 0 Å². The lowest BCUT2D eigenvalue weighted by Crippen LogP contribution is -2.27. The molecule has 1 atom stereocenters. The second kappa shape index (κ2) is 7.35. The Hall–Kier alpha value is -3.58. The molecule has 0 radical (unpaired) electrons. The predicted molar refractivity (Wildman–Crippen MR) is 104 cm³/mol. The van der Waals surface area contributed by atoms with Crippen molar-refractivity contribution < 1.29 is 4.79 Å². The number of guanidine groups is 1. The highest BCUT2D eigenvalue weighted by atomic mass is 16.2. The van der Waals surface area contributed by atoms with Gasteiger partial charge in [-0.1, -0.05) is 36.4 Å². The van der Waals surface area contributed by atoms with E-state index in [4.69, 9.17) is 5.73 Å². The highest BCUT2D eigenvalue weighted by Gasteiger charge is 2.23. The van der Waals surface area contributed by atoms with Crippen LogP contribution in [-0.4, -0.2) is 28.4 Å². The van der Waals surface area contributed by atoms with Gasteiger partial charge in [-0.2, -0.15) is 0 Å². The first-order valence-corrected chi connectivity index (χ1v) is 8.56. The first kappa shape index (κ1) is 16.9. The van der Waals surface area contributed by atoms with Crippen LogP contribution in [0.3, 0.4) is 0 Å². The molecule has 2 aromatic carbocycles. The maximum atomic E-state index is 12.3. The minimum atomic E-state index is -0.239. The van der Waals surface area contributed by atoms with Crippen LogP contribution in [0, 0.1) is 0 Å². The van der Waals surface area contributed by atoms with Gasteiger partial charge in [0, 0.05) is 18.9 Å². The molecule has 134 valence electrons. The van der Waals surface area contributed by atoms with E-state index in [-0.39, 0.29) is 11.9 Å². The smallest absolute Gasteiger partial charge is 0.274 e. The Kier molecular flexibility index (Phi) is 4.59. The number of benzene rings is 2. The molecule has 1 aliphatic rings. The van der Waals surface area contributed by atoms with E-state index < -0.39 is 0 Å². The summed E-state index contributed by atoms with van der Waals surface area (Å²) >= 11 is 0. The van der Waals surface area contributed by atoms with Crippen molar-refractivity contribution >= 4 is 29.0 Å². The zero-order valence-corrected chi connectivity index (χ0v) is 14.5. The molecule has 1 aliphatic heterocycles. The van der Waals surface area contributed by atoms with Crippen LogP contribution >= 0.6 is 0 Å². The molecule has 4 rings (SSSR count). The van der Waals surface area contributed by atoms with Gasteiger partial charge in [0.15, 0.2) is 0 Å². The lowest BCUT2D eigenvalue weighted by Gasteiger charge is -2.11. The lowest BCUT2D eigenvalue weighted by atomic mass is 10.1. The summed E-state index contributed by atoms with van der Waals surface area (Å²) in [5.41, 5.74) is 9.69. The standard InChI is InChI=1S/C20H18N6O/c21-12-18(14-4-2-1-3-5-14)25-20-24-17(19(27)26-20)11-13-6-7-15-16(10-13)23-9-8-22-15/h1-11,18H,12,21H2,(H2,24,25,26,27)/b17-11-/t18-/m0/s1. The first-order chi connectivity index (χ1) is 13.2. The SMILES string of the molecule is NC[C@H](N=C1NC(=O)/C(=C/c2ccc3nccnc3c2)N1)c1ccccc1. The van der Waals surface area contributed by atoms with Crippen LogP contribution in [0.15, 0.2) is 71.6 Å². The fourth-order valence-corrected chi connectivity index (χ4v) is 2.89. The van der Waals surface area contributed by atoms with Crippen LogP contribution in [0.4, 0.5) is 0 Å². The molecule has 0 spiro atoms. The zero-order chi connectivity index (χ0) is 18.6. The van der Waals surface area contributed by atoms with Crippen molar-refractivity contribution in [2.45, 2.75) is 6.04 Å². The second-order valence-corrected chi connectivity index (χ2v) is 6.08. The fraction of sp³-hybridized carbons (Fsp3) is 0.100. The topological polar surface area (TPSA) is 105 Å². The summed E-state index contributed by atoms with van der Waals surface area (Å²) < 4.78 is 0. The van der Waals surface area contributed by atoms with Crippen LogP contribution in [0.2, 0.25) is 0 Å². The number of hydrogen-bond donors (Lipinski definition) is 3. The van der Waals surface area contributed by atoms with Crippen LogP contribution in [0.1, 0.15) is 17.2 Å². The zero-order valence-electron chi connectivity index (χ0n) is 14.5. The van der Waals surface area contributed by atoms with E-state index in [0.29, 0.717) is 18.2 Å². The molecule has 1 aromatic heterocycles. The molecule has 4 N–H and O–H groups in total. The largest absolute Gasteiger partial charge is 0.328 e. The number of amides is 1. The Labute approximate surface area is 156 Å². The minimum absolute atomic E-state index is 0.232. The second-order valence-electron chi connectivity index (χ2n) is 6.08. The van der Waals surface area contributed by atoms with Crippen LogP contribution in [-0.2, 0) is 4.79 Å². The number of carbonyl (C=O) groups excluding carboxylic acids is 1. The molecule has 1 fully saturated rings. The number of hydrogen-bond acceptors (Lipinski definition) is 5. The third-order valence-corrected chi connectivity index (χ3v) is 4.23. The van der Waals surface area contributed by atoms with Crippen molar-refractivity contribution in [1.82, 2.24) is 20.6 Å². The molecule has 0 unspecified atom stereocenters. The summed E-state index contributed by atoms with van der Waals surface area (Å²) in [6.07, 6.45) is 5.04.